The van der Waals surface area contributed by atoms with Crippen molar-refractivity contribution in [3.8, 4) is 0 Å². The number of carbonyl (C=O) groups excluding carboxylic acids is 2. The van der Waals surface area contributed by atoms with Gasteiger partial charge in [0.2, 0.25) is 0 Å². The maximum absolute atomic E-state index is 12.9. The Labute approximate surface area is 553 Å². The van der Waals surface area contributed by atoms with E-state index in [0.717, 1.165) is 64.2 Å². The first kappa shape index (κ1) is 86.7. The lowest BCUT2D eigenvalue weighted by atomic mass is 10.0. The molecule has 0 aromatic carbocycles. The van der Waals surface area contributed by atoms with E-state index in [1.165, 1.54) is 283 Å². The molecule has 522 valence electrons. The molecule has 0 aliphatic heterocycles. The Hall–Kier alpha value is -2.29. The normalized spacial score (nSPS) is 13.4. The summed E-state index contributed by atoms with van der Waals surface area (Å²) in [6.07, 6.45) is 93.6. The molecular formula is C79H149NO8P+. The molecule has 10 heteroatoms. The van der Waals surface area contributed by atoms with Crippen molar-refractivity contribution in [2.45, 2.75) is 386 Å². The molecule has 0 radical (unpaired) electrons. The van der Waals surface area contributed by atoms with E-state index in [4.69, 9.17) is 18.5 Å². The van der Waals surface area contributed by atoms with Gasteiger partial charge in [-0.25, -0.2) is 4.57 Å². The van der Waals surface area contributed by atoms with Crippen molar-refractivity contribution in [3.05, 3.63) is 60.8 Å². The van der Waals surface area contributed by atoms with Gasteiger partial charge in [-0.2, -0.15) is 0 Å². The van der Waals surface area contributed by atoms with Crippen molar-refractivity contribution in [1.29, 1.82) is 0 Å². The molecule has 0 saturated carbocycles. The number of phosphoric ester groups is 1. The SMILES string of the molecule is CC/C=C\C/C=C\C/C=C\C/C=C\C/C=C\CCCCCCCCCCCCCCCCCCCCCCCCCC(=O)OC(COC(=O)CCCCCCCCCCCCCCCCCCCCCCCCCCCC)COP(=O)(O)OCC[N+](C)(C)C. The molecule has 9 nitrogen and oxygen atoms in total. The number of unbranched alkanes of at least 4 members (excludes halogenated alkanes) is 48. The predicted octanol–water partition coefficient (Wildman–Crippen LogP) is 25.3. The lowest BCUT2D eigenvalue weighted by Gasteiger charge is -2.24. The highest BCUT2D eigenvalue weighted by molar-refractivity contribution is 7.47. The van der Waals surface area contributed by atoms with Crippen molar-refractivity contribution in [2.24, 2.45) is 0 Å². The Bertz CT molecular complexity index is 1690. The summed E-state index contributed by atoms with van der Waals surface area (Å²) >= 11 is 0. The lowest BCUT2D eigenvalue weighted by Crippen LogP contribution is -2.37. The van der Waals surface area contributed by atoms with Crippen LogP contribution in [0, 0.1) is 0 Å². The molecule has 0 aromatic rings. The van der Waals surface area contributed by atoms with Gasteiger partial charge in [0.15, 0.2) is 6.10 Å². The van der Waals surface area contributed by atoms with Gasteiger partial charge in [0.05, 0.1) is 27.7 Å². The highest BCUT2D eigenvalue weighted by Gasteiger charge is 2.27. The summed E-state index contributed by atoms with van der Waals surface area (Å²) in [4.78, 5) is 35.9. The van der Waals surface area contributed by atoms with E-state index in [9.17, 15) is 19.0 Å². The van der Waals surface area contributed by atoms with Crippen LogP contribution in [0.5, 0.6) is 0 Å². The van der Waals surface area contributed by atoms with Crippen LogP contribution in [0.15, 0.2) is 60.8 Å². The van der Waals surface area contributed by atoms with Gasteiger partial charge in [0, 0.05) is 12.8 Å². The number of rotatable bonds is 72. The molecule has 0 aliphatic carbocycles. The van der Waals surface area contributed by atoms with E-state index >= 15 is 0 Å². The first-order valence-electron chi connectivity index (χ1n) is 38.5. The number of nitrogens with zero attached hydrogens (tertiary/aromatic N) is 1. The zero-order valence-electron chi connectivity index (χ0n) is 59.7. The molecule has 0 bridgehead atoms. The third kappa shape index (κ3) is 74.6. The third-order valence-electron chi connectivity index (χ3n) is 17.3. The Morgan fingerprint density at radius 1 is 0.360 bits per heavy atom. The van der Waals surface area contributed by atoms with Gasteiger partial charge < -0.3 is 18.9 Å². The molecule has 2 atom stereocenters. The van der Waals surface area contributed by atoms with Gasteiger partial charge in [-0.05, 0) is 57.8 Å². The van der Waals surface area contributed by atoms with Crippen LogP contribution < -0.4 is 0 Å². The van der Waals surface area contributed by atoms with Crippen molar-refractivity contribution in [2.75, 3.05) is 47.5 Å². The molecule has 0 saturated heterocycles. The molecule has 0 aliphatic rings. The van der Waals surface area contributed by atoms with E-state index in [0.29, 0.717) is 23.9 Å². The quantitative estimate of drug-likeness (QED) is 0.0211. The number of hydrogen-bond donors (Lipinski definition) is 1. The summed E-state index contributed by atoms with van der Waals surface area (Å²) in [6, 6.07) is 0. The van der Waals surface area contributed by atoms with Gasteiger partial charge >= 0.3 is 19.8 Å². The molecule has 2 unspecified atom stereocenters. The van der Waals surface area contributed by atoms with E-state index in [1.54, 1.807) is 0 Å². The van der Waals surface area contributed by atoms with Crippen molar-refractivity contribution in [1.82, 2.24) is 0 Å². The van der Waals surface area contributed by atoms with E-state index in [2.05, 4.69) is 74.6 Å². The van der Waals surface area contributed by atoms with Gasteiger partial charge in [0.1, 0.15) is 19.8 Å². The van der Waals surface area contributed by atoms with Crippen LogP contribution >= 0.6 is 7.82 Å². The molecule has 0 spiro atoms. The molecule has 0 heterocycles. The number of quaternary nitrogens is 1. The maximum Gasteiger partial charge on any atom is 0.472 e. The zero-order valence-corrected chi connectivity index (χ0v) is 60.6. The van der Waals surface area contributed by atoms with Crippen LogP contribution in [0.25, 0.3) is 0 Å². The second-order valence-electron chi connectivity index (χ2n) is 27.4. The van der Waals surface area contributed by atoms with E-state index in [1.807, 2.05) is 21.1 Å². The Morgan fingerprint density at radius 3 is 0.955 bits per heavy atom. The molecule has 0 amide bonds. The Kier molecular flexibility index (Phi) is 68.2. The van der Waals surface area contributed by atoms with Crippen LogP contribution in [0.4, 0.5) is 0 Å². The van der Waals surface area contributed by atoms with Crippen LogP contribution in [-0.4, -0.2) is 74.9 Å². The summed E-state index contributed by atoms with van der Waals surface area (Å²) in [5.74, 6) is -0.773. The number of phosphoric acid groups is 1. The fourth-order valence-electron chi connectivity index (χ4n) is 11.5. The first-order valence-corrected chi connectivity index (χ1v) is 40.0. The second-order valence-corrected chi connectivity index (χ2v) is 28.8. The smallest absolute Gasteiger partial charge is 0.462 e. The number of allylic oxidation sites excluding steroid dienone is 10. The lowest BCUT2D eigenvalue weighted by molar-refractivity contribution is -0.870. The molecule has 0 aromatic heterocycles. The molecule has 89 heavy (non-hydrogen) atoms. The van der Waals surface area contributed by atoms with Gasteiger partial charge in [-0.3, -0.25) is 18.6 Å². The molecule has 1 N–H and O–H groups in total. The highest BCUT2D eigenvalue weighted by atomic mass is 31.2. The summed E-state index contributed by atoms with van der Waals surface area (Å²) < 4.78 is 34.8. The zero-order chi connectivity index (χ0) is 64.8. The van der Waals surface area contributed by atoms with Crippen LogP contribution in [0.3, 0.4) is 0 Å². The van der Waals surface area contributed by atoms with Gasteiger partial charge in [-0.1, -0.05) is 370 Å². The summed E-state index contributed by atoms with van der Waals surface area (Å²) in [5.41, 5.74) is 0. The average Bonchev–Trinajstić information content (AvgIpc) is 3.60. The fourth-order valence-corrected chi connectivity index (χ4v) is 12.2. The minimum Gasteiger partial charge on any atom is -0.462 e. The van der Waals surface area contributed by atoms with E-state index < -0.39 is 26.5 Å². The summed E-state index contributed by atoms with van der Waals surface area (Å²) in [6.45, 7) is 4.40. The van der Waals surface area contributed by atoms with Crippen molar-refractivity contribution in [3.63, 3.8) is 0 Å². The number of ether oxygens (including phenoxy) is 2. The van der Waals surface area contributed by atoms with Crippen LogP contribution in [-0.2, 0) is 32.7 Å². The molecule has 0 rings (SSSR count). The minimum atomic E-state index is -4.39. The first-order chi connectivity index (χ1) is 43.5. The van der Waals surface area contributed by atoms with Crippen molar-refractivity contribution < 1.29 is 42.1 Å². The predicted molar refractivity (Wildman–Crippen MR) is 386 cm³/mol. The number of hydrogen-bond acceptors (Lipinski definition) is 7. The number of carbonyl (C=O) groups is 2. The van der Waals surface area contributed by atoms with Gasteiger partial charge in [0.25, 0.3) is 0 Å². The van der Waals surface area contributed by atoms with Gasteiger partial charge in [-0.15, -0.1) is 0 Å². The third-order valence-corrected chi connectivity index (χ3v) is 18.3. The summed E-state index contributed by atoms with van der Waals surface area (Å²) in [5, 5.41) is 0. The number of likely N-dealkylation sites (N-methyl/N-ethyl adjacent to an activating group) is 1. The highest BCUT2D eigenvalue weighted by Crippen LogP contribution is 2.43. The average molecular weight is 1270 g/mol. The van der Waals surface area contributed by atoms with Crippen LogP contribution in [0.2, 0.25) is 0 Å². The topological polar surface area (TPSA) is 108 Å². The maximum atomic E-state index is 12.9. The monoisotopic (exact) mass is 1270 g/mol. The summed E-state index contributed by atoms with van der Waals surface area (Å²) in [7, 11) is 1.50. The number of esters is 2. The standard InChI is InChI=1S/C79H148NO8P/c1-6-8-10-12-14-16-18-20-22-24-26-28-30-32-34-35-36-37-38-39-40-41-42-43-44-45-46-48-50-52-54-56-58-60-62-64-66-68-70-72-79(82)88-77(76-87-89(83,84)86-74-73-80(3,4)5)75-85-78(81)71-69-67-65-63-61-59-57-55-53-51-49-47-33-31-29-27-25-23-21-19-17-15-13-11-9-7-2/h8,10,14,16,20,22,26,28,32,34,77H,6-7,9,11-13,15,17-19,21,23-25,27,29-31,33,35-76H2,1-5H3/p+1/b10-8-,16-14-,22-20-,28-26-,34-32-. The second kappa shape index (κ2) is 70.0. The van der Waals surface area contributed by atoms with E-state index in [-0.39, 0.29) is 25.6 Å². The Balaban J connectivity index is 3.92. The minimum absolute atomic E-state index is 0.0347. The largest absolute Gasteiger partial charge is 0.472 e. The fraction of sp³-hybridized carbons (Fsp3) is 0.848. The molecule has 0 fully saturated rings. The van der Waals surface area contributed by atoms with Crippen molar-refractivity contribution >= 4 is 19.8 Å². The molecular weight excluding hydrogens is 1120 g/mol. The Morgan fingerprint density at radius 2 is 0.640 bits per heavy atom. The van der Waals surface area contributed by atoms with Crippen LogP contribution in [0.1, 0.15) is 380 Å².